The number of hydrogen-bond donors (Lipinski definition) is 1. The molecular formula is C26H28N4O5S. The zero-order valence-corrected chi connectivity index (χ0v) is 21.2. The van der Waals surface area contributed by atoms with Crippen LogP contribution in [0.15, 0.2) is 76.2 Å². The SMILES string of the molecule is COCCOC(=O)C1=C(C)N=C2SC=C(CC(=O)NCc3ccncc3)N2C1c1ccc(OC)cc1. The van der Waals surface area contributed by atoms with E-state index in [1.54, 1.807) is 33.5 Å². The van der Waals surface area contributed by atoms with Crippen molar-refractivity contribution in [2.45, 2.75) is 25.9 Å². The molecule has 9 nitrogen and oxygen atoms in total. The molecule has 1 N–H and O–H groups in total. The van der Waals surface area contributed by atoms with E-state index in [1.807, 2.05) is 46.7 Å². The maximum atomic E-state index is 13.2. The second-order valence-corrected chi connectivity index (χ2v) is 8.94. The highest BCUT2D eigenvalue weighted by Crippen LogP contribution is 2.45. The Morgan fingerprint density at radius 1 is 1.08 bits per heavy atom. The smallest absolute Gasteiger partial charge is 0.338 e. The Morgan fingerprint density at radius 2 is 1.83 bits per heavy atom. The molecule has 0 radical (unpaired) electrons. The van der Waals surface area contributed by atoms with Gasteiger partial charge in [-0.2, -0.15) is 0 Å². The average molecular weight is 509 g/mol. The fraction of sp³-hybridized carbons (Fsp3) is 0.308. The third-order valence-electron chi connectivity index (χ3n) is 5.75. The van der Waals surface area contributed by atoms with Crippen LogP contribution in [-0.4, -0.2) is 54.4 Å². The minimum atomic E-state index is -0.507. The van der Waals surface area contributed by atoms with Crippen LogP contribution in [0.25, 0.3) is 0 Å². The van der Waals surface area contributed by atoms with Gasteiger partial charge in [0.1, 0.15) is 12.4 Å². The molecule has 0 aliphatic carbocycles. The lowest BCUT2D eigenvalue weighted by Gasteiger charge is -2.36. The van der Waals surface area contributed by atoms with Crippen molar-refractivity contribution >= 4 is 28.8 Å². The van der Waals surface area contributed by atoms with Crippen LogP contribution in [0.1, 0.15) is 30.5 Å². The number of hydrogen-bond acceptors (Lipinski definition) is 9. The number of nitrogens with one attached hydrogen (secondary N) is 1. The predicted octanol–water partition coefficient (Wildman–Crippen LogP) is 3.56. The standard InChI is InChI=1S/C26H28N4O5S/c1-17-23(25(32)35-13-12-33-2)24(19-4-6-21(34-3)7-5-19)30-20(16-36-26(30)29-17)14-22(31)28-15-18-8-10-27-11-9-18/h4-11,16,24H,12-15H2,1-3H3,(H,28,31). The zero-order valence-electron chi connectivity index (χ0n) is 20.4. The molecule has 2 aromatic rings. The number of benzene rings is 1. The van der Waals surface area contributed by atoms with Crippen molar-refractivity contribution < 1.29 is 23.8 Å². The Morgan fingerprint density at radius 3 is 2.53 bits per heavy atom. The van der Waals surface area contributed by atoms with Crippen molar-refractivity contribution in [2.75, 3.05) is 27.4 Å². The Labute approximate surface area is 214 Å². The fourth-order valence-electron chi connectivity index (χ4n) is 3.96. The summed E-state index contributed by atoms with van der Waals surface area (Å²) in [7, 11) is 3.15. The number of carbonyl (C=O) groups is 2. The molecule has 2 aliphatic rings. The van der Waals surface area contributed by atoms with E-state index in [2.05, 4.69) is 15.3 Å². The molecule has 36 heavy (non-hydrogen) atoms. The molecule has 0 bridgehead atoms. The van der Waals surface area contributed by atoms with Gasteiger partial charge in [-0.05, 0) is 47.7 Å². The molecule has 0 saturated carbocycles. The first-order valence-electron chi connectivity index (χ1n) is 11.4. The maximum absolute atomic E-state index is 13.2. The number of methoxy groups -OCH3 is 2. The molecule has 1 aromatic heterocycles. The summed E-state index contributed by atoms with van der Waals surface area (Å²) < 4.78 is 15.8. The van der Waals surface area contributed by atoms with Gasteiger partial charge in [0, 0.05) is 31.7 Å². The van der Waals surface area contributed by atoms with Crippen LogP contribution in [0.3, 0.4) is 0 Å². The largest absolute Gasteiger partial charge is 0.497 e. The molecule has 0 saturated heterocycles. The van der Waals surface area contributed by atoms with Crippen LogP contribution in [0, 0.1) is 0 Å². The Balaban J connectivity index is 1.60. The summed E-state index contributed by atoms with van der Waals surface area (Å²) in [5.41, 5.74) is 3.57. The predicted molar refractivity (Wildman–Crippen MR) is 137 cm³/mol. The van der Waals surface area contributed by atoms with Crippen LogP contribution in [0.2, 0.25) is 0 Å². The van der Waals surface area contributed by atoms with Crippen molar-refractivity contribution in [2.24, 2.45) is 4.99 Å². The van der Waals surface area contributed by atoms with E-state index in [0.29, 0.717) is 35.3 Å². The average Bonchev–Trinajstić information content (AvgIpc) is 3.29. The highest BCUT2D eigenvalue weighted by atomic mass is 32.2. The number of carbonyl (C=O) groups excluding carboxylic acids is 2. The second-order valence-electron chi connectivity index (χ2n) is 8.10. The van der Waals surface area contributed by atoms with E-state index >= 15 is 0 Å². The van der Waals surface area contributed by atoms with Crippen LogP contribution >= 0.6 is 11.8 Å². The van der Waals surface area contributed by atoms with E-state index in [1.165, 1.54) is 11.8 Å². The Kier molecular flexibility index (Phi) is 8.40. The summed E-state index contributed by atoms with van der Waals surface area (Å²) in [6, 6.07) is 10.7. The minimum absolute atomic E-state index is 0.132. The number of pyridine rings is 1. The molecule has 3 heterocycles. The van der Waals surface area contributed by atoms with Crippen LogP contribution in [0.5, 0.6) is 5.75 Å². The molecule has 10 heteroatoms. The number of thioether (sulfide) groups is 1. The third kappa shape index (κ3) is 5.77. The monoisotopic (exact) mass is 508 g/mol. The van der Waals surface area contributed by atoms with E-state index in [0.717, 1.165) is 16.8 Å². The molecule has 2 aliphatic heterocycles. The highest BCUT2D eigenvalue weighted by Gasteiger charge is 2.41. The number of amides is 1. The quantitative estimate of drug-likeness (QED) is 0.384. The van der Waals surface area contributed by atoms with Gasteiger partial charge in [-0.3, -0.25) is 9.78 Å². The number of aliphatic imine (C=N–C) groups is 1. The summed E-state index contributed by atoms with van der Waals surface area (Å²) in [4.78, 5) is 36.7. The molecule has 1 unspecified atom stereocenters. The topological polar surface area (TPSA) is 102 Å². The van der Waals surface area contributed by atoms with Crippen LogP contribution in [-0.2, 0) is 25.6 Å². The van der Waals surface area contributed by atoms with Gasteiger partial charge >= 0.3 is 5.97 Å². The number of allylic oxidation sites excluding steroid dienone is 1. The lowest BCUT2D eigenvalue weighted by atomic mass is 9.93. The van der Waals surface area contributed by atoms with Crippen molar-refractivity contribution in [3.63, 3.8) is 0 Å². The van der Waals surface area contributed by atoms with Crippen molar-refractivity contribution in [3.05, 3.63) is 82.3 Å². The van der Waals surface area contributed by atoms with E-state index < -0.39 is 12.0 Å². The number of aromatic nitrogens is 1. The first-order chi connectivity index (χ1) is 17.5. The van der Waals surface area contributed by atoms with Crippen molar-refractivity contribution in [1.82, 2.24) is 15.2 Å². The van der Waals surface area contributed by atoms with Gasteiger partial charge in [0.15, 0.2) is 5.17 Å². The lowest BCUT2D eigenvalue weighted by molar-refractivity contribution is -0.141. The third-order valence-corrected chi connectivity index (χ3v) is 6.64. The molecule has 4 rings (SSSR count). The Hall–Kier alpha value is -3.63. The van der Waals surface area contributed by atoms with Gasteiger partial charge in [-0.15, -0.1) is 0 Å². The lowest BCUT2D eigenvalue weighted by Crippen LogP contribution is -2.38. The van der Waals surface area contributed by atoms with Gasteiger partial charge in [0.2, 0.25) is 5.91 Å². The first-order valence-corrected chi connectivity index (χ1v) is 12.3. The van der Waals surface area contributed by atoms with Gasteiger partial charge in [-0.25, -0.2) is 9.79 Å². The number of amidine groups is 1. The molecule has 1 atom stereocenters. The summed E-state index contributed by atoms with van der Waals surface area (Å²) in [6.45, 7) is 2.63. The molecule has 1 aromatic carbocycles. The number of ether oxygens (including phenoxy) is 3. The Bertz CT molecular complexity index is 1190. The summed E-state index contributed by atoms with van der Waals surface area (Å²) >= 11 is 1.43. The van der Waals surface area contributed by atoms with Gasteiger partial charge in [0.05, 0.1) is 37.4 Å². The summed E-state index contributed by atoms with van der Waals surface area (Å²) in [5, 5.41) is 5.57. The van der Waals surface area contributed by atoms with Crippen LogP contribution < -0.4 is 10.1 Å². The van der Waals surface area contributed by atoms with E-state index in [-0.39, 0.29) is 18.9 Å². The van der Waals surface area contributed by atoms with Crippen molar-refractivity contribution in [3.8, 4) is 5.75 Å². The van der Waals surface area contributed by atoms with E-state index in [9.17, 15) is 9.59 Å². The van der Waals surface area contributed by atoms with Crippen molar-refractivity contribution in [1.29, 1.82) is 0 Å². The number of esters is 1. The van der Waals surface area contributed by atoms with Gasteiger partial charge in [0.25, 0.3) is 0 Å². The van der Waals surface area contributed by atoms with E-state index in [4.69, 9.17) is 14.2 Å². The molecule has 0 fully saturated rings. The number of fused-ring (bicyclic) bond motifs is 1. The summed E-state index contributed by atoms with van der Waals surface area (Å²) in [6.07, 6.45) is 3.51. The first kappa shape index (κ1) is 25.5. The molecule has 188 valence electrons. The second kappa shape index (κ2) is 11.9. The fourth-order valence-corrected chi connectivity index (χ4v) is 4.92. The number of rotatable bonds is 10. The normalized spacial score (nSPS) is 16.8. The van der Waals surface area contributed by atoms with Gasteiger partial charge < -0.3 is 24.4 Å². The number of nitrogens with zero attached hydrogens (tertiary/aromatic N) is 3. The van der Waals surface area contributed by atoms with Gasteiger partial charge in [-0.1, -0.05) is 23.9 Å². The summed E-state index contributed by atoms with van der Waals surface area (Å²) in [5.74, 6) is 0.103. The molecule has 0 spiro atoms. The molecular weight excluding hydrogens is 480 g/mol. The minimum Gasteiger partial charge on any atom is -0.497 e. The maximum Gasteiger partial charge on any atom is 0.338 e. The molecule has 1 amide bonds. The zero-order chi connectivity index (χ0) is 25.5. The highest BCUT2D eigenvalue weighted by molar-refractivity contribution is 8.16. The van der Waals surface area contributed by atoms with Crippen LogP contribution in [0.4, 0.5) is 0 Å².